The average Bonchev–Trinajstić information content (AvgIpc) is 2.21. The molecule has 3 heteroatoms. The molecule has 0 saturated heterocycles. The maximum Gasteiger partial charge on any atom is 0.308 e. The fourth-order valence-electron chi connectivity index (χ4n) is 1.21. The molecule has 0 bridgehead atoms. The monoisotopic (exact) mass is 209 g/mol. The first kappa shape index (κ1) is 11.1. The second-order valence-corrected chi connectivity index (χ2v) is 4.02. The van der Waals surface area contributed by atoms with Gasteiger partial charge in [-0.2, -0.15) is 0 Å². The summed E-state index contributed by atoms with van der Waals surface area (Å²) in [5, 5.41) is 0.876. The Labute approximate surface area is 89.8 Å². The molecule has 0 aliphatic heterocycles. The van der Waals surface area contributed by atoms with Crippen LogP contribution in [-0.2, 0) is 0 Å². The Kier molecular flexibility index (Phi) is 4.53. The normalized spacial score (nSPS) is 9.86. The molecule has 0 atom stereocenters. The highest BCUT2D eigenvalue weighted by atomic mass is 32.2. The van der Waals surface area contributed by atoms with Crippen molar-refractivity contribution >= 4 is 16.9 Å². The Morgan fingerprint density at radius 2 is 1.79 bits per heavy atom. The minimum Gasteiger partial charge on any atom is -0.281 e. The van der Waals surface area contributed by atoms with E-state index in [0.717, 1.165) is 18.3 Å². The lowest BCUT2D eigenvalue weighted by Crippen LogP contribution is -2.25. The molecule has 76 valence electrons. The zero-order valence-electron chi connectivity index (χ0n) is 8.73. The molecule has 0 aliphatic carbocycles. The summed E-state index contributed by atoms with van der Waals surface area (Å²) < 4.78 is 2.15. The van der Waals surface area contributed by atoms with Gasteiger partial charge in [-0.25, -0.2) is 0 Å². The maximum atomic E-state index is 5.98. The topological polar surface area (TPSA) is 29.0 Å². The van der Waals surface area contributed by atoms with Gasteiger partial charge in [0.2, 0.25) is 0 Å². The standard InChI is InChI=1S/C11H16N2S/c1-3-13(4-2)11(12)14-10-8-6-5-7-9-10/h5-9,12H,3-4H2,1-2H3/p+1. The van der Waals surface area contributed by atoms with Gasteiger partial charge in [0.05, 0.1) is 13.1 Å². The number of nitrogens with two attached hydrogens (primary N) is 1. The van der Waals surface area contributed by atoms with Gasteiger partial charge in [-0.3, -0.25) is 10.3 Å². The highest BCUT2D eigenvalue weighted by Gasteiger charge is 2.06. The Hall–Kier alpha value is -0.960. The predicted molar refractivity (Wildman–Crippen MR) is 62.8 cm³/mol. The SMILES string of the molecule is CC[N+](CC)=C(N)Sc1ccccc1. The van der Waals surface area contributed by atoms with Gasteiger partial charge >= 0.3 is 5.17 Å². The summed E-state index contributed by atoms with van der Waals surface area (Å²) in [5.74, 6) is 0. The second-order valence-electron chi connectivity index (χ2n) is 2.93. The highest BCUT2D eigenvalue weighted by Crippen LogP contribution is 2.16. The van der Waals surface area contributed by atoms with E-state index in [9.17, 15) is 0 Å². The van der Waals surface area contributed by atoms with E-state index < -0.39 is 0 Å². The summed E-state index contributed by atoms with van der Waals surface area (Å²) in [6.45, 7) is 6.15. The minimum absolute atomic E-state index is 0.876. The molecule has 0 aromatic heterocycles. The first-order valence-corrected chi connectivity index (χ1v) is 5.69. The van der Waals surface area contributed by atoms with E-state index in [2.05, 4.69) is 30.6 Å². The van der Waals surface area contributed by atoms with Crippen LogP contribution in [0, 0.1) is 0 Å². The van der Waals surface area contributed by atoms with Gasteiger partial charge in [-0.05, 0) is 37.7 Å². The lowest BCUT2D eigenvalue weighted by atomic mass is 10.4. The quantitative estimate of drug-likeness (QED) is 0.358. The van der Waals surface area contributed by atoms with Gasteiger partial charge in [0, 0.05) is 4.90 Å². The summed E-state index contributed by atoms with van der Waals surface area (Å²) in [4.78, 5) is 1.19. The summed E-state index contributed by atoms with van der Waals surface area (Å²) in [6, 6.07) is 10.2. The second kappa shape index (κ2) is 5.70. The van der Waals surface area contributed by atoms with Gasteiger partial charge in [0.15, 0.2) is 0 Å². The van der Waals surface area contributed by atoms with Gasteiger partial charge in [-0.15, -0.1) is 0 Å². The molecule has 0 spiro atoms. The molecular weight excluding hydrogens is 192 g/mol. The predicted octanol–water partition coefficient (Wildman–Crippen LogP) is 2.15. The van der Waals surface area contributed by atoms with Crippen LogP contribution in [0.15, 0.2) is 35.2 Å². The van der Waals surface area contributed by atoms with Crippen molar-refractivity contribution in [1.29, 1.82) is 0 Å². The molecule has 0 saturated carbocycles. The van der Waals surface area contributed by atoms with Gasteiger partial charge < -0.3 is 0 Å². The molecule has 2 N–H and O–H groups in total. The van der Waals surface area contributed by atoms with Crippen molar-refractivity contribution in [3.05, 3.63) is 30.3 Å². The van der Waals surface area contributed by atoms with Crippen LogP contribution >= 0.6 is 11.8 Å². The molecule has 0 radical (unpaired) electrons. The Morgan fingerprint density at radius 3 is 2.29 bits per heavy atom. The van der Waals surface area contributed by atoms with Gasteiger partial charge in [0.1, 0.15) is 0 Å². The van der Waals surface area contributed by atoms with Crippen LogP contribution in [0.2, 0.25) is 0 Å². The van der Waals surface area contributed by atoms with E-state index in [1.165, 1.54) is 4.90 Å². The molecule has 0 fully saturated rings. The van der Waals surface area contributed by atoms with E-state index in [1.54, 1.807) is 11.8 Å². The Bertz CT molecular complexity index is 300. The first-order valence-electron chi connectivity index (χ1n) is 4.88. The lowest BCUT2D eigenvalue weighted by molar-refractivity contribution is -0.518. The third kappa shape index (κ3) is 3.07. The maximum absolute atomic E-state index is 5.98. The zero-order chi connectivity index (χ0) is 10.4. The van der Waals surface area contributed by atoms with Crippen LogP contribution < -0.4 is 5.73 Å². The lowest BCUT2D eigenvalue weighted by Gasteiger charge is -2.03. The smallest absolute Gasteiger partial charge is 0.281 e. The Morgan fingerprint density at radius 1 is 1.21 bits per heavy atom. The van der Waals surface area contributed by atoms with Gasteiger partial charge in [0.25, 0.3) is 0 Å². The fraction of sp³-hybridized carbons (Fsp3) is 0.364. The molecular formula is C11H17N2S+. The molecule has 14 heavy (non-hydrogen) atoms. The van der Waals surface area contributed by atoms with Crippen LogP contribution in [-0.4, -0.2) is 22.8 Å². The van der Waals surface area contributed by atoms with E-state index >= 15 is 0 Å². The fourth-order valence-corrected chi connectivity index (χ4v) is 2.13. The van der Waals surface area contributed by atoms with Crippen molar-refractivity contribution in [2.75, 3.05) is 13.1 Å². The van der Waals surface area contributed by atoms with Crippen molar-refractivity contribution < 1.29 is 4.58 Å². The third-order valence-electron chi connectivity index (χ3n) is 2.04. The number of rotatable bonds is 3. The van der Waals surface area contributed by atoms with Crippen LogP contribution in [0.1, 0.15) is 13.8 Å². The van der Waals surface area contributed by atoms with Crippen LogP contribution in [0.3, 0.4) is 0 Å². The molecule has 0 aliphatic rings. The number of thioether (sulfide) groups is 1. The van der Waals surface area contributed by atoms with E-state index in [1.807, 2.05) is 18.2 Å². The summed E-state index contributed by atoms with van der Waals surface area (Å²) in [6.07, 6.45) is 0. The number of hydrogen-bond acceptors (Lipinski definition) is 1. The van der Waals surface area contributed by atoms with Crippen molar-refractivity contribution in [2.24, 2.45) is 5.73 Å². The molecule has 2 nitrogen and oxygen atoms in total. The zero-order valence-corrected chi connectivity index (χ0v) is 9.55. The average molecular weight is 209 g/mol. The third-order valence-corrected chi connectivity index (χ3v) is 3.02. The number of amidine groups is 1. The summed E-state index contributed by atoms with van der Waals surface area (Å²) >= 11 is 1.62. The molecule has 1 rings (SSSR count). The molecule has 0 amide bonds. The summed E-state index contributed by atoms with van der Waals surface area (Å²) in [5.41, 5.74) is 5.98. The van der Waals surface area contributed by atoms with E-state index in [-0.39, 0.29) is 0 Å². The first-order chi connectivity index (χ1) is 6.77. The molecule has 0 heterocycles. The summed E-state index contributed by atoms with van der Waals surface area (Å²) in [7, 11) is 0. The van der Waals surface area contributed by atoms with Crippen LogP contribution in [0.4, 0.5) is 0 Å². The van der Waals surface area contributed by atoms with Crippen molar-refractivity contribution in [3.8, 4) is 0 Å². The largest absolute Gasteiger partial charge is 0.308 e. The number of benzene rings is 1. The van der Waals surface area contributed by atoms with E-state index in [4.69, 9.17) is 5.73 Å². The van der Waals surface area contributed by atoms with E-state index in [0.29, 0.717) is 0 Å². The molecule has 1 aromatic rings. The van der Waals surface area contributed by atoms with Crippen molar-refractivity contribution in [1.82, 2.24) is 0 Å². The van der Waals surface area contributed by atoms with Crippen molar-refractivity contribution in [3.63, 3.8) is 0 Å². The minimum atomic E-state index is 0.876. The van der Waals surface area contributed by atoms with Crippen molar-refractivity contribution in [2.45, 2.75) is 18.7 Å². The molecule has 0 unspecified atom stereocenters. The van der Waals surface area contributed by atoms with Crippen LogP contribution in [0.25, 0.3) is 0 Å². The number of nitrogens with zero attached hydrogens (tertiary/aromatic N) is 1. The number of hydrogen-bond donors (Lipinski definition) is 1. The molecule has 1 aromatic carbocycles. The Balaban J connectivity index is 2.74. The highest BCUT2D eigenvalue weighted by molar-refractivity contribution is 8.13. The van der Waals surface area contributed by atoms with Gasteiger partial charge in [-0.1, -0.05) is 18.2 Å². The van der Waals surface area contributed by atoms with Crippen LogP contribution in [0.5, 0.6) is 0 Å².